The van der Waals surface area contributed by atoms with E-state index in [2.05, 4.69) is 5.32 Å². The van der Waals surface area contributed by atoms with Crippen LogP contribution < -0.4 is 5.32 Å². The van der Waals surface area contributed by atoms with E-state index in [0.717, 1.165) is 24.8 Å². The third kappa shape index (κ3) is 5.75. The molecule has 1 aliphatic carbocycles. The molecule has 0 aromatic heterocycles. The van der Waals surface area contributed by atoms with Crippen molar-refractivity contribution in [3.05, 3.63) is 63.6 Å². The fourth-order valence-corrected chi connectivity index (χ4v) is 4.27. The first-order chi connectivity index (χ1) is 15.0. The molecule has 1 fully saturated rings. The topological polar surface area (TPSA) is 55.4 Å². The molecule has 1 amide bonds. The van der Waals surface area contributed by atoms with Gasteiger partial charge in [0.25, 0.3) is 0 Å². The van der Waals surface area contributed by atoms with Crippen LogP contribution in [0.4, 0.5) is 18.9 Å². The maximum atomic E-state index is 13.2. The molecule has 1 unspecified atom stereocenters. The molecule has 0 bridgehead atoms. The van der Waals surface area contributed by atoms with Crippen molar-refractivity contribution < 1.29 is 27.5 Å². The second kappa shape index (κ2) is 9.71. The summed E-state index contributed by atoms with van der Waals surface area (Å²) < 4.78 is 44.4. The lowest BCUT2D eigenvalue weighted by atomic mass is 9.62. The van der Waals surface area contributed by atoms with E-state index in [1.165, 1.54) is 31.4 Å². The summed E-state index contributed by atoms with van der Waals surface area (Å²) >= 11 is 12.1. The van der Waals surface area contributed by atoms with Gasteiger partial charge in [0.1, 0.15) is 0 Å². The molecule has 0 spiro atoms. The first-order valence-electron chi connectivity index (χ1n) is 10.0. The molecule has 1 N–H and O–H groups in total. The normalized spacial score (nSPS) is 16.1. The highest BCUT2D eigenvalue weighted by molar-refractivity contribution is 6.33. The van der Waals surface area contributed by atoms with E-state index in [-0.39, 0.29) is 28.7 Å². The summed E-state index contributed by atoms with van der Waals surface area (Å²) in [4.78, 5) is 24.8. The number of hydrogen-bond donors (Lipinski definition) is 1. The van der Waals surface area contributed by atoms with E-state index in [1.807, 2.05) is 0 Å². The van der Waals surface area contributed by atoms with Crippen molar-refractivity contribution in [2.45, 2.75) is 49.6 Å². The van der Waals surface area contributed by atoms with Gasteiger partial charge in [-0.05, 0) is 48.2 Å². The Morgan fingerprint density at radius 1 is 1.12 bits per heavy atom. The average Bonchev–Trinajstić information content (AvgIpc) is 2.70. The van der Waals surface area contributed by atoms with Gasteiger partial charge in [-0.2, -0.15) is 13.2 Å². The number of esters is 1. The lowest BCUT2D eigenvalue weighted by Crippen LogP contribution is -2.37. The Morgan fingerprint density at radius 3 is 2.31 bits per heavy atom. The predicted molar refractivity (Wildman–Crippen MR) is 117 cm³/mol. The predicted octanol–water partition coefficient (Wildman–Crippen LogP) is 6.65. The Labute approximate surface area is 194 Å². The summed E-state index contributed by atoms with van der Waals surface area (Å²) in [6.07, 6.45) is -3.24. The van der Waals surface area contributed by atoms with Crippen LogP contribution >= 0.6 is 23.2 Å². The van der Waals surface area contributed by atoms with Gasteiger partial charge in [-0.15, -0.1) is 0 Å². The van der Waals surface area contributed by atoms with Crippen LogP contribution in [0.2, 0.25) is 10.0 Å². The van der Waals surface area contributed by atoms with Crippen LogP contribution in [0.5, 0.6) is 0 Å². The number of halogens is 5. The van der Waals surface area contributed by atoms with Gasteiger partial charge in [0.05, 0.1) is 36.6 Å². The third-order valence-corrected chi connectivity index (χ3v) is 6.46. The zero-order valence-corrected chi connectivity index (χ0v) is 18.8. The molecule has 4 nitrogen and oxygen atoms in total. The number of carbonyl (C=O) groups excluding carboxylic acids is 2. The van der Waals surface area contributed by atoms with Crippen molar-refractivity contribution in [1.82, 2.24) is 0 Å². The van der Waals surface area contributed by atoms with Gasteiger partial charge in [0.15, 0.2) is 0 Å². The van der Waals surface area contributed by atoms with Gasteiger partial charge in [-0.3, -0.25) is 9.59 Å². The van der Waals surface area contributed by atoms with Crippen LogP contribution in [0.1, 0.15) is 49.1 Å². The summed E-state index contributed by atoms with van der Waals surface area (Å²) in [6, 6.07) is 10.7. The monoisotopic (exact) mass is 487 g/mol. The minimum absolute atomic E-state index is 0.181. The van der Waals surface area contributed by atoms with Gasteiger partial charge >= 0.3 is 12.1 Å². The largest absolute Gasteiger partial charge is 0.469 e. The van der Waals surface area contributed by atoms with Gasteiger partial charge in [-0.25, -0.2) is 0 Å². The number of hydrogen-bond acceptors (Lipinski definition) is 3. The molecule has 9 heteroatoms. The zero-order valence-electron chi connectivity index (χ0n) is 17.3. The fourth-order valence-electron chi connectivity index (χ4n) is 3.98. The minimum Gasteiger partial charge on any atom is -0.469 e. The maximum absolute atomic E-state index is 13.2. The fraction of sp³-hybridized carbons (Fsp3) is 0.391. The molecule has 0 heterocycles. The highest BCUT2D eigenvalue weighted by Crippen LogP contribution is 2.48. The summed E-state index contributed by atoms with van der Waals surface area (Å²) in [5, 5.41) is 3.10. The lowest BCUT2D eigenvalue weighted by Gasteiger charge is -2.42. The van der Waals surface area contributed by atoms with Crippen molar-refractivity contribution in [2.75, 3.05) is 12.4 Å². The first-order valence-corrected chi connectivity index (χ1v) is 10.8. The highest BCUT2D eigenvalue weighted by atomic mass is 35.5. The van der Waals surface area contributed by atoms with Crippen molar-refractivity contribution in [2.24, 2.45) is 0 Å². The molecule has 1 atom stereocenters. The molecule has 0 aliphatic heterocycles. The van der Waals surface area contributed by atoms with Crippen LogP contribution in [0.15, 0.2) is 42.5 Å². The number of methoxy groups -OCH3 is 1. The quantitative estimate of drug-likeness (QED) is 0.444. The number of alkyl halides is 3. The third-order valence-electron chi connectivity index (χ3n) is 5.88. The van der Waals surface area contributed by atoms with Gasteiger partial charge in [0, 0.05) is 10.4 Å². The number of carbonyl (C=O) groups is 2. The summed E-state index contributed by atoms with van der Waals surface area (Å²) in [6.45, 7) is 0. The Kier molecular flexibility index (Phi) is 7.40. The van der Waals surface area contributed by atoms with E-state index in [0.29, 0.717) is 5.02 Å². The molecule has 2 aromatic rings. The van der Waals surface area contributed by atoms with E-state index in [9.17, 15) is 22.8 Å². The van der Waals surface area contributed by atoms with Crippen LogP contribution in [0.3, 0.4) is 0 Å². The number of amides is 1. The van der Waals surface area contributed by atoms with Gasteiger partial charge < -0.3 is 10.1 Å². The van der Waals surface area contributed by atoms with Crippen LogP contribution in [-0.4, -0.2) is 25.2 Å². The minimum atomic E-state index is -4.55. The Morgan fingerprint density at radius 2 is 1.78 bits per heavy atom. The summed E-state index contributed by atoms with van der Waals surface area (Å²) in [5.74, 6) is -2.66. The molecule has 0 radical (unpaired) electrons. The molecule has 172 valence electrons. The van der Waals surface area contributed by atoms with Gasteiger partial charge in [-0.1, -0.05) is 47.8 Å². The Bertz CT molecular complexity index is 989. The molecule has 1 aliphatic rings. The summed E-state index contributed by atoms with van der Waals surface area (Å²) in [7, 11) is 1.32. The number of nitrogens with one attached hydrogen (secondary N) is 1. The molecule has 0 saturated heterocycles. The number of ether oxygens (including phenoxy) is 1. The Balaban J connectivity index is 1.88. The van der Waals surface area contributed by atoms with Crippen molar-refractivity contribution >= 4 is 40.8 Å². The standard InChI is InChI=1S/C23H22Cl2F3NO3/c1-32-20(30)13-22(9-2-10-22)15-5-8-18(25)19(11-15)29-21(31)17(12-23(26,27)28)14-3-6-16(24)7-4-14/h3-8,11,17H,2,9-10,12-13H2,1H3,(H,29,31). The molecule has 3 rings (SSSR count). The van der Waals surface area contributed by atoms with Crippen LogP contribution in [-0.2, 0) is 19.7 Å². The summed E-state index contributed by atoms with van der Waals surface area (Å²) in [5.41, 5.74) is 0.746. The number of benzene rings is 2. The smallest absolute Gasteiger partial charge is 0.390 e. The zero-order chi connectivity index (χ0) is 23.5. The SMILES string of the molecule is COC(=O)CC1(c2ccc(Cl)c(NC(=O)C(CC(F)(F)F)c3ccc(Cl)cc3)c2)CCC1. The molecule has 2 aromatic carbocycles. The second-order valence-corrected chi connectivity index (χ2v) is 8.84. The number of anilines is 1. The van der Waals surface area contributed by atoms with Crippen molar-refractivity contribution in [3.63, 3.8) is 0 Å². The molecular weight excluding hydrogens is 466 g/mol. The maximum Gasteiger partial charge on any atom is 0.390 e. The first kappa shape index (κ1) is 24.4. The van der Waals surface area contributed by atoms with Crippen molar-refractivity contribution in [3.8, 4) is 0 Å². The molecule has 1 saturated carbocycles. The second-order valence-electron chi connectivity index (χ2n) is 7.99. The van der Waals surface area contributed by atoms with Crippen LogP contribution in [0.25, 0.3) is 0 Å². The molecular formula is C23H22Cl2F3NO3. The average molecular weight is 488 g/mol. The van der Waals surface area contributed by atoms with E-state index in [1.54, 1.807) is 18.2 Å². The van der Waals surface area contributed by atoms with Crippen molar-refractivity contribution in [1.29, 1.82) is 0 Å². The Hall–Kier alpha value is -2.25. The van der Waals surface area contributed by atoms with E-state index in [4.69, 9.17) is 27.9 Å². The van der Waals surface area contributed by atoms with E-state index < -0.39 is 29.8 Å². The number of rotatable bonds is 7. The van der Waals surface area contributed by atoms with Crippen LogP contribution in [0, 0.1) is 0 Å². The van der Waals surface area contributed by atoms with E-state index >= 15 is 0 Å². The highest BCUT2D eigenvalue weighted by Gasteiger charge is 2.41. The van der Waals surface area contributed by atoms with Gasteiger partial charge in [0.2, 0.25) is 5.91 Å². The lowest BCUT2D eigenvalue weighted by molar-refractivity contribution is -0.146. The molecule has 32 heavy (non-hydrogen) atoms.